The third kappa shape index (κ3) is 4.66. The van der Waals surface area contributed by atoms with Crippen LogP contribution < -0.4 is 10.2 Å². The van der Waals surface area contributed by atoms with Gasteiger partial charge in [-0.3, -0.25) is 9.78 Å². The first-order valence-electron chi connectivity index (χ1n) is 8.69. The van der Waals surface area contributed by atoms with Crippen molar-refractivity contribution in [2.75, 3.05) is 11.4 Å². The minimum absolute atomic E-state index is 0.152. The van der Waals surface area contributed by atoms with E-state index in [1.165, 1.54) is 5.56 Å². The molecule has 0 unspecified atom stereocenters. The van der Waals surface area contributed by atoms with Gasteiger partial charge in [0.15, 0.2) is 0 Å². The summed E-state index contributed by atoms with van der Waals surface area (Å²) in [6.45, 7) is 4.12. The highest BCUT2D eigenvalue weighted by Crippen LogP contribution is 2.15. The number of carbonyl (C=O) groups is 1. The van der Waals surface area contributed by atoms with Gasteiger partial charge in [0.25, 0.3) is 5.91 Å². The van der Waals surface area contributed by atoms with E-state index >= 15 is 0 Å². The van der Waals surface area contributed by atoms with E-state index in [9.17, 15) is 4.79 Å². The lowest BCUT2D eigenvalue weighted by atomic mass is 10.2. The SMILES string of the molecule is CCN(Cc1ccccc1)c1ccc(C(=O)NCc2ccccn2)cn1. The Morgan fingerprint density at radius 2 is 1.81 bits per heavy atom. The van der Waals surface area contributed by atoms with Crippen molar-refractivity contribution in [2.24, 2.45) is 0 Å². The molecule has 5 nitrogen and oxygen atoms in total. The molecule has 2 aromatic heterocycles. The summed E-state index contributed by atoms with van der Waals surface area (Å²) in [6, 6.07) is 19.6. The second-order valence-corrected chi connectivity index (χ2v) is 5.91. The third-order valence-electron chi connectivity index (χ3n) is 4.09. The quantitative estimate of drug-likeness (QED) is 0.712. The van der Waals surface area contributed by atoms with Crippen molar-refractivity contribution in [3.63, 3.8) is 0 Å². The standard InChI is InChI=1S/C21H22N4O/c1-2-25(16-17-8-4-3-5-9-17)20-12-11-18(14-23-20)21(26)24-15-19-10-6-7-13-22-19/h3-14H,2,15-16H2,1H3,(H,24,26). The Kier molecular flexibility index (Phi) is 5.93. The fourth-order valence-corrected chi connectivity index (χ4v) is 2.64. The van der Waals surface area contributed by atoms with Crippen LogP contribution in [0.2, 0.25) is 0 Å². The molecule has 0 aliphatic heterocycles. The molecule has 0 spiro atoms. The predicted molar refractivity (Wildman–Crippen MR) is 103 cm³/mol. The van der Waals surface area contributed by atoms with Gasteiger partial charge >= 0.3 is 0 Å². The third-order valence-corrected chi connectivity index (χ3v) is 4.09. The van der Waals surface area contributed by atoms with Gasteiger partial charge in [-0.05, 0) is 36.8 Å². The Bertz CT molecular complexity index is 820. The van der Waals surface area contributed by atoms with Crippen LogP contribution in [0.1, 0.15) is 28.5 Å². The molecule has 0 saturated heterocycles. The second kappa shape index (κ2) is 8.76. The molecule has 0 bridgehead atoms. The molecule has 0 fully saturated rings. The highest BCUT2D eigenvalue weighted by atomic mass is 16.1. The van der Waals surface area contributed by atoms with Crippen molar-refractivity contribution in [1.82, 2.24) is 15.3 Å². The Morgan fingerprint density at radius 1 is 1.00 bits per heavy atom. The van der Waals surface area contributed by atoms with Gasteiger partial charge in [0.05, 0.1) is 17.8 Å². The van der Waals surface area contributed by atoms with Crippen molar-refractivity contribution >= 4 is 11.7 Å². The normalized spacial score (nSPS) is 10.3. The van der Waals surface area contributed by atoms with Crippen molar-refractivity contribution in [3.8, 4) is 0 Å². The monoisotopic (exact) mass is 346 g/mol. The molecule has 2 heterocycles. The molecular weight excluding hydrogens is 324 g/mol. The summed E-state index contributed by atoms with van der Waals surface area (Å²) in [5, 5.41) is 2.86. The summed E-state index contributed by atoms with van der Waals surface area (Å²) in [5.41, 5.74) is 2.60. The Labute approximate surface area is 153 Å². The van der Waals surface area contributed by atoms with Crippen LogP contribution in [0.4, 0.5) is 5.82 Å². The van der Waals surface area contributed by atoms with Crippen LogP contribution >= 0.6 is 0 Å². The van der Waals surface area contributed by atoms with Gasteiger partial charge in [-0.2, -0.15) is 0 Å². The minimum Gasteiger partial charge on any atom is -0.353 e. The van der Waals surface area contributed by atoms with E-state index in [0.29, 0.717) is 12.1 Å². The van der Waals surface area contributed by atoms with Crippen molar-refractivity contribution in [3.05, 3.63) is 89.9 Å². The van der Waals surface area contributed by atoms with E-state index in [4.69, 9.17) is 0 Å². The summed E-state index contributed by atoms with van der Waals surface area (Å²) in [7, 11) is 0. The summed E-state index contributed by atoms with van der Waals surface area (Å²) in [6.07, 6.45) is 3.33. The number of hydrogen-bond donors (Lipinski definition) is 1. The summed E-state index contributed by atoms with van der Waals surface area (Å²) >= 11 is 0. The molecule has 0 atom stereocenters. The average Bonchev–Trinajstić information content (AvgIpc) is 2.72. The lowest BCUT2D eigenvalue weighted by Crippen LogP contribution is -2.25. The van der Waals surface area contributed by atoms with E-state index in [1.54, 1.807) is 12.4 Å². The Hall–Kier alpha value is -3.21. The number of hydrogen-bond acceptors (Lipinski definition) is 4. The predicted octanol–water partition coefficient (Wildman–Crippen LogP) is 3.43. The summed E-state index contributed by atoms with van der Waals surface area (Å²) in [5.74, 6) is 0.707. The fourth-order valence-electron chi connectivity index (χ4n) is 2.64. The van der Waals surface area contributed by atoms with E-state index < -0.39 is 0 Å². The lowest BCUT2D eigenvalue weighted by Gasteiger charge is -2.22. The number of anilines is 1. The highest BCUT2D eigenvalue weighted by Gasteiger charge is 2.10. The number of nitrogens with zero attached hydrogens (tertiary/aromatic N) is 3. The molecule has 0 radical (unpaired) electrons. The smallest absolute Gasteiger partial charge is 0.253 e. The minimum atomic E-state index is -0.152. The first-order valence-corrected chi connectivity index (χ1v) is 8.69. The lowest BCUT2D eigenvalue weighted by molar-refractivity contribution is 0.0950. The molecule has 5 heteroatoms. The zero-order chi connectivity index (χ0) is 18.2. The van der Waals surface area contributed by atoms with E-state index in [1.807, 2.05) is 48.5 Å². The average molecular weight is 346 g/mol. The molecular formula is C21H22N4O. The van der Waals surface area contributed by atoms with Gasteiger partial charge in [0.1, 0.15) is 5.82 Å². The van der Waals surface area contributed by atoms with Gasteiger partial charge in [-0.25, -0.2) is 4.98 Å². The second-order valence-electron chi connectivity index (χ2n) is 5.91. The van der Waals surface area contributed by atoms with Crippen LogP contribution in [0.25, 0.3) is 0 Å². The van der Waals surface area contributed by atoms with E-state index in [0.717, 1.165) is 24.6 Å². The van der Waals surface area contributed by atoms with Crippen LogP contribution in [-0.2, 0) is 13.1 Å². The van der Waals surface area contributed by atoms with Gasteiger partial charge in [0.2, 0.25) is 0 Å². The van der Waals surface area contributed by atoms with Gasteiger partial charge in [0, 0.05) is 25.5 Å². The molecule has 132 valence electrons. The van der Waals surface area contributed by atoms with Gasteiger partial charge < -0.3 is 10.2 Å². The maximum absolute atomic E-state index is 12.3. The Morgan fingerprint density at radius 3 is 2.46 bits per heavy atom. The molecule has 0 aliphatic carbocycles. The summed E-state index contributed by atoms with van der Waals surface area (Å²) in [4.78, 5) is 23.1. The van der Waals surface area contributed by atoms with Crippen molar-refractivity contribution in [2.45, 2.75) is 20.0 Å². The Balaban J connectivity index is 1.62. The maximum Gasteiger partial charge on any atom is 0.253 e. The molecule has 1 aromatic carbocycles. The number of benzene rings is 1. The molecule has 3 aromatic rings. The zero-order valence-electron chi connectivity index (χ0n) is 14.8. The van der Waals surface area contributed by atoms with Crippen LogP contribution in [-0.4, -0.2) is 22.4 Å². The maximum atomic E-state index is 12.3. The number of nitrogens with one attached hydrogen (secondary N) is 1. The zero-order valence-corrected chi connectivity index (χ0v) is 14.8. The molecule has 1 amide bonds. The van der Waals surface area contributed by atoms with Crippen molar-refractivity contribution in [1.29, 1.82) is 0 Å². The molecule has 3 rings (SSSR count). The number of pyridine rings is 2. The van der Waals surface area contributed by atoms with Gasteiger partial charge in [-0.1, -0.05) is 36.4 Å². The largest absolute Gasteiger partial charge is 0.353 e. The highest BCUT2D eigenvalue weighted by molar-refractivity contribution is 5.93. The number of amides is 1. The summed E-state index contributed by atoms with van der Waals surface area (Å²) < 4.78 is 0. The van der Waals surface area contributed by atoms with Crippen LogP contribution in [0.3, 0.4) is 0 Å². The molecule has 0 saturated carbocycles. The topological polar surface area (TPSA) is 58.1 Å². The molecule has 26 heavy (non-hydrogen) atoms. The van der Waals surface area contributed by atoms with E-state index in [2.05, 4.69) is 39.2 Å². The first-order chi connectivity index (χ1) is 12.8. The molecule has 1 N–H and O–H groups in total. The van der Waals surface area contributed by atoms with Gasteiger partial charge in [-0.15, -0.1) is 0 Å². The van der Waals surface area contributed by atoms with Crippen LogP contribution in [0.5, 0.6) is 0 Å². The fraction of sp³-hybridized carbons (Fsp3) is 0.190. The first kappa shape index (κ1) is 17.6. The van der Waals surface area contributed by atoms with Crippen LogP contribution in [0.15, 0.2) is 73.1 Å². The molecule has 0 aliphatic rings. The number of aromatic nitrogens is 2. The number of rotatable bonds is 7. The number of carbonyl (C=O) groups excluding carboxylic acids is 1. The van der Waals surface area contributed by atoms with Crippen molar-refractivity contribution < 1.29 is 4.79 Å². The van der Waals surface area contributed by atoms with E-state index in [-0.39, 0.29) is 5.91 Å². The van der Waals surface area contributed by atoms with Crippen LogP contribution in [0, 0.1) is 0 Å².